The summed E-state index contributed by atoms with van der Waals surface area (Å²) in [5.74, 6) is 0.986. The maximum Gasteiger partial charge on any atom is 0.0317 e. The minimum Gasteiger partial charge on any atom is -0.314 e. The highest BCUT2D eigenvalue weighted by Gasteiger charge is 2.18. The van der Waals surface area contributed by atoms with Gasteiger partial charge in [0, 0.05) is 19.1 Å². The van der Waals surface area contributed by atoms with E-state index in [9.17, 15) is 0 Å². The summed E-state index contributed by atoms with van der Waals surface area (Å²) in [6, 6.07) is 0.784. The average Bonchev–Trinajstić information content (AvgIpc) is 2.04. The molecule has 0 bridgehead atoms. The molecule has 0 amide bonds. The summed E-state index contributed by atoms with van der Waals surface area (Å²) in [6.45, 7) is 3.64. The van der Waals surface area contributed by atoms with E-state index in [1.165, 1.54) is 51.7 Å². The van der Waals surface area contributed by atoms with Crippen molar-refractivity contribution in [2.24, 2.45) is 5.92 Å². The molecule has 2 aliphatic rings. The van der Waals surface area contributed by atoms with Crippen LogP contribution in [-0.4, -0.2) is 25.7 Å². The van der Waals surface area contributed by atoms with Gasteiger partial charge < -0.3 is 10.6 Å². The zero-order chi connectivity index (χ0) is 8.23. The molecule has 70 valence electrons. The average molecular weight is 168 g/mol. The van der Waals surface area contributed by atoms with Crippen LogP contribution in [0.4, 0.5) is 0 Å². The summed E-state index contributed by atoms with van der Waals surface area (Å²) in [7, 11) is 0. The number of hydrogen-bond donors (Lipinski definition) is 2. The first-order valence-corrected chi connectivity index (χ1v) is 5.39. The van der Waals surface area contributed by atoms with Crippen molar-refractivity contribution < 1.29 is 0 Å². The van der Waals surface area contributed by atoms with Gasteiger partial charge in [0.05, 0.1) is 0 Å². The molecule has 0 spiro atoms. The van der Waals surface area contributed by atoms with Crippen LogP contribution in [0.15, 0.2) is 0 Å². The Morgan fingerprint density at radius 3 is 2.42 bits per heavy atom. The second-order valence-electron chi connectivity index (χ2n) is 4.27. The third-order valence-corrected chi connectivity index (χ3v) is 3.20. The first-order valence-electron chi connectivity index (χ1n) is 5.39. The molecular formula is C10H20N2. The Bertz CT molecular complexity index is 126. The molecule has 0 aromatic heterocycles. The Hall–Kier alpha value is -0.0800. The predicted octanol–water partition coefficient (Wildman–Crippen LogP) is 1.13. The third-order valence-electron chi connectivity index (χ3n) is 3.20. The predicted molar refractivity (Wildman–Crippen MR) is 51.2 cm³/mol. The van der Waals surface area contributed by atoms with Crippen LogP contribution in [-0.2, 0) is 0 Å². The first-order chi connectivity index (χ1) is 5.95. The fourth-order valence-electron chi connectivity index (χ4n) is 2.16. The Balaban J connectivity index is 1.58. The largest absolute Gasteiger partial charge is 0.314 e. The van der Waals surface area contributed by atoms with E-state index in [2.05, 4.69) is 10.6 Å². The Labute approximate surface area is 75.1 Å². The van der Waals surface area contributed by atoms with Crippen LogP contribution in [0.2, 0.25) is 0 Å². The third kappa shape index (κ3) is 2.20. The maximum absolute atomic E-state index is 3.63. The lowest BCUT2D eigenvalue weighted by Crippen LogP contribution is -2.56. The van der Waals surface area contributed by atoms with E-state index in [4.69, 9.17) is 0 Å². The molecule has 1 aliphatic carbocycles. The summed E-state index contributed by atoms with van der Waals surface area (Å²) in [4.78, 5) is 0. The van der Waals surface area contributed by atoms with Gasteiger partial charge in [0.2, 0.25) is 0 Å². The van der Waals surface area contributed by atoms with E-state index < -0.39 is 0 Å². The molecule has 1 aliphatic heterocycles. The van der Waals surface area contributed by atoms with Crippen molar-refractivity contribution >= 4 is 0 Å². The molecular weight excluding hydrogens is 148 g/mol. The lowest BCUT2D eigenvalue weighted by Gasteiger charge is -2.31. The highest BCUT2D eigenvalue weighted by molar-refractivity contribution is 4.82. The van der Waals surface area contributed by atoms with Crippen LogP contribution < -0.4 is 10.6 Å². The Kier molecular flexibility index (Phi) is 3.01. The second-order valence-corrected chi connectivity index (χ2v) is 4.27. The van der Waals surface area contributed by atoms with Crippen LogP contribution in [0.25, 0.3) is 0 Å². The molecule has 0 aromatic carbocycles. The van der Waals surface area contributed by atoms with Crippen LogP contribution in [0.5, 0.6) is 0 Å². The van der Waals surface area contributed by atoms with Gasteiger partial charge in [-0.05, 0) is 25.3 Å². The molecule has 1 heterocycles. The molecule has 1 saturated carbocycles. The fourth-order valence-corrected chi connectivity index (χ4v) is 2.16. The fraction of sp³-hybridized carbons (Fsp3) is 1.00. The van der Waals surface area contributed by atoms with E-state index in [-0.39, 0.29) is 0 Å². The van der Waals surface area contributed by atoms with E-state index in [1.807, 2.05) is 0 Å². The first kappa shape index (κ1) is 8.52. The highest BCUT2D eigenvalue weighted by atomic mass is 15.1. The van der Waals surface area contributed by atoms with Crippen molar-refractivity contribution in [3.8, 4) is 0 Å². The SMILES string of the molecule is C1CCC(CNC2CNC2)CC1. The van der Waals surface area contributed by atoms with Gasteiger partial charge >= 0.3 is 0 Å². The summed E-state index contributed by atoms with van der Waals surface area (Å²) in [6.07, 6.45) is 7.34. The zero-order valence-corrected chi connectivity index (χ0v) is 7.81. The molecule has 0 atom stereocenters. The van der Waals surface area contributed by atoms with Crippen molar-refractivity contribution in [3.63, 3.8) is 0 Å². The molecule has 2 nitrogen and oxygen atoms in total. The van der Waals surface area contributed by atoms with E-state index in [0.717, 1.165) is 12.0 Å². The summed E-state index contributed by atoms with van der Waals surface area (Å²) in [5, 5.41) is 6.91. The normalized spacial score (nSPS) is 27.0. The standard InChI is InChI=1S/C10H20N2/c1-2-4-9(5-3-1)6-12-10-7-11-8-10/h9-12H,1-8H2. The number of nitrogens with one attached hydrogen (secondary N) is 2. The molecule has 12 heavy (non-hydrogen) atoms. The Morgan fingerprint density at radius 2 is 1.83 bits per heavy atom. The quantitative estimate of drug-likeness (QED) is 0.660. The van der Waals surface area contributed by atoms with Crippen LogP contribution in [0, 0.1) is 5.92 Å². The van der Waals surface area contributed by atoms with Crippen LogP contribution >= 0.6 is 0 Å². The smallest absolute Gasteiger partial charge is 0.0317 e. The van der Waals surface area contributed by atoms with E-state index in [0.29, 0.717) is 0 Å². The molecule has 1 saturated heterocycles. The zero-order valence-electron chi connectivity index (χ0n) is 7.81. The number of hydrogen-bond acceptors (Lipinski definition) is 2. The van der Waals surface area contributed by atoms with Crippen molar-refractivity contribution in [1.82, 2.24) is 10.6 Å². The minimum atomic E-state index is 0.784. The molecule has 0 unspecified atom stereocenters. The molecule has 2 heteroatoms. The summed E-state index contributed by atoms with van der Waals surface area (Å²) in [5.41, 5.74) is 0. The molecule has 0 aromatic rings. The van der Waals surface area contributed by atoms with E-state index in [1.54, 1.807) is 0 Å². The lowest BCUT2D eigenvalue weighted by molar-refractivity contribution is 0.295. The molecule has 2 rings (SSSR count). The highest BCUT2D eigenvalue weighted by Crippen LogP contribution is 2.22. The molecule has 2 fully saturated rings. The van der Waals surface area contributed by atoms with Gasteiger partial charge in [0.25, 0.3) is 0 Å². The minimum absolute atomic E-state index is 0.784. The topological polar surface area (TPSA) is 24.1 Å². The molecule has 2 N–H and O–H groups in total. The van der Waals surface area contributed by atoms with Gasteiger partial charge in [0.1, 0.15) is 0 Å². The van der Waals surface area contributed by atoms with Crippen molar-refractivity contribution in [1.29, 1.82) is 0 Å². The number of rotatable bonds is 3. The Morgan fingerprint density at radius 1 is 1.08 bits per heavy atom. The van der Waals surface area contributed by atoms with Crippen molar-refractivity contribution in [2.45, 2.75) is 38.1 Å². The maximum atomic E-state index is 3.63. The monoisotopic (exact) mass is 168 g/mol. The van der Waals surface area contributed by atoms with Gasteiger partial charge in [-0.3, -0.25) is 0 Å². The lowest BCUT2D eigenvalue weighted by atomic mass is 9.89. The molecule has 0 radical (unpaired) electrons. The second kappa shape index (κ2) is 4.24. The van der Waals surface area contributed by atoms with E-state index >= 15 is 0 Å². The van der Waals surface area contributed by atoms with Crippen LogP contribution in [0.3, 0.4) is 0 Å². The van der Waals surface area contributed by atoms with Gasteiger partial charge in [-0.25, -0.2) is 0 Å². The van der Waals surface area contributed by atoms with Gasteiger partial charge in [-0.15, -0.1) is 0 Å². The van der Waals surface area contributed by atoms with Gasteiger partial charge in [0.15, 0.2) is 0 Å². The van der Waals surface area contributed by atoms with Crippen LogP contribution in [0.1, 0.15) is 32.1 Å². The van der Waals surface area contributed by atoms with Crippen molar-refractivity contribution in [2.75, 3.05) is 19.6 Å². The van der Waals surface area contributed by atoms with Gasteiger partial charge in [-0.1, -0.05) is 19.3 Å². The summed E-state index contributed by atoms with van der Waals surface area (Å²) < 4.78 is 0. The van der Waals surface area contributed by atoms with Crippen molar-refractivity contribution in [3.05, 3.63) is 0 Å². The van der Waals surface area contributed by atoms with Gasteiger partial charge in [-0.2, -0.15) is 0 Å². The summed E-state index contributed by atoms with van der Waals surface area (Å²) >= 11 is 0.